The lowest BCUT2D eigenvalue weighted by atomic mass is 10.1. The zero-order valence-corrected chi connectivity index (χ0v) is 10.8. The number of hydrogen-bond donors (Lipinski definition) is 0. The second-order valence-corrected chi connectivity index (χ2v) is 4.50. The van der Waals surface area contributed by atoms with Crippen molar-refractivity contribution in [3.05, 3.63) is 78.1 Å². The van der Waals surface area contributed by atoms with Gasteiger partial charge in [0.25, 0.3) is 0 Å². The number of esters is 1. The standard InChI is InChI=1S/C17H13NO2/c19-17(16-6-3-9-18-11-16)20-12-13-7-8-14-4-1-2-5-15(14)10-13/h1-11H,12H2. The number of fused-ring (bicyclic) bond motifs is 1. The molecule has 0 amide bonds. The molecule has 0 fully saturated rings. The largest absolute Gasteiger partial charge is 0.457 e. The van der Waals surface area contributed by atoms with Crippen LogP contribution in [0.2, 0.25) is 0 Å². The van der Waals surface area contributed by atoms with Crippen molar-refractivity contribution in [2.24, 2.45) is 0 Å². The van der Waals surface area contributed by atoms with Crippen LogP contribution in [0, 0.1) is 0 Å². The van der Waals surface area contributed by atoms with Crippen LogP contribution in [0.4, 0.5) is 0 Å². The maximum absolute atomic E-state index is 11.8. The van der Waals surface area contributed by atoms with Gasteiger partial charge in [-0.3, -0.25) is 4.98 Å². The average molecular weight is 263 g/mol. The highest BCUT2D eigenvalue weighted by Gasteiger charge is 2.07. The van der Waals surface area contributed by atoms with Gasteiger partial charge >= 0.3 is 5.97 Å². The number of aromatic nitrogens is 1. The molecule has 0 aliphatic carbocycles. The van der Waals surface area contributed by atoms with Crippen LogP contribution in [0.5, 0.6) is 0 Å². The Hall–Kier alpha value is -2.68. The van der Waals surface area contributed by atoms with E-state index in [1.165, 1.54) is 11.6 Å². The summed E-state index contributed by atoms with van der Waals surface area (Å²) in [4.78, 5) is 15.7. The zero-order chi connectivity index (χ0) is 13.8. The Morgan fingerprint density at radius 2 is 1.85 bits per heavy atom. The third-order valence-corrected chi connectivity index (χ3v) is 3.08. The van der Waals surface area contributed by atoms with Gasteiger partial charge in [0.15, 0.2) is 0 Å². The highest BCUT2D eigenvalue weighted by atomic mass is 16.5. The van der Waals surface area contributed by atoms with Crippen LogP contribution in [-0.2, 0) is 11.3 Å². The van der Waals surface area contributed by atoms with Gasteiger partial charge in [0, 0.05) is 12.4 Å². The molecule has 98 valence electrons. The topological polar surface area (TPSA) is 39.2 Å². The van der Waals surface area contributed by atoms with Crippen LogP contribution >= 0.6 is 0 Å². The Kier molecular flexibility index (Phi) is 3.42. The van der Waals surface area contributed by atoms with Crippen molar-refractivity contribution >= 4 is 16.7 Å². The van der Waals surface area contributed by atoms with E-state index in [9.17, 15) is 4.79 Å². The van der Waals surface area contributed by atoms with E-state index in [1.54, 1.807) is 18.3 Å². The molecule has 0 spiro atoms. The molecule has 20 heavy (non-hydrogen) atoms. The molecule has 0 saturated carbocycles. The lowest BCUT2D eigenvalue weighted by molar-refractivity contribution is 0.0472. The molecule has 0 unspecified atom stereocenters. The molecule has 1 heterocycles. The van der Waals surface area contributed by atoms with Gasteiger partial charge in [-0.05, 0) is 34.5 Å². The van der Waals surface area contributed by atoms with Crippen molar-refractivity contribution < 1.29 is 9.53 Å². The van der Waals surface area contributed by atoms with Crippen LogP contribution < -0.4 is 0 Å². The maximum Gasteiger partial charge on any atom is 0.340 e. The molecule has 0 radical (unpaired) electrons. The fourth-order valence-electron chi connectivity index (χ4n) is 2.04. The molecule has 3 aromatic rings. The molecule has 0 atom stereocenters. The summed E-state index contributed by atoms with van der Waals surface area (Å²) < 4.78 is 5.28. The minimum atomic E-state index is -0.355. The van der Waals surface area contributed by atoms with Crippen molar-refractivity contribution in [2.45, 2.75) is 6.61 Å². The van der Waals surface area contributed by atoms with Crippen LogP contribution in [0.1, 0.15) is 15.9 Å². The van der Waals surface area contributed by atoms with E-state index in [-0.39, 0.29) is 12.6 Å². The summed E-state index contributed by atoms with van der Waals surface area (Å²) in [6, 6.07) is 17.5. The van der Waals surface area contributed by atoms with Gasteiger partial charge in [0.1, 0.15) is 6.61 Å². The minimum Gasteiger partial charge on any atom is -0.457 e. The third kappa shape index (κ3) is 2.67. The third-order valence-electron chi connectivity index (χ3n) is 3.08. The SMILES string of the molecule is O=C(OCc1ccc2ccccc2c1)c1cccnc1. The molecule has 3 heteroatoms. The molecule has 0 aliphatic rings. The fraction of sp³-hybridized carbons (Fsp3) is 0.0588. The molecule has 1 aromatic heterocycles. The number of hydrogen-bond acceptors (Lipinski definition) is 3. The molecule has 3 rings (SSSR count). The van der Waals surface area contributed by atoms with Crippen molar-refractivity contribution in [3.8, 4) is 0 Å². The number of carbonyl (C=O) groups is 1. The lowest BCUT2D eigenvalue weighted by Crippen LogP contribution is -2.05. The van der Waals surface area contributed by atoms with Crippen molar-refractivity contribution in [1.82, 2.24) is 4.98 Å². The monoisotopic (exact) mass is 263 g/mol. The predicted molar refractivity (Wildman–Crippen MR) is 77.3 cm³/mol. The summed E-state index contributed by atoms with van der Waals surface area (Å²) in [5.74, 6) is -0.355. The van der Waals surface area contributed by atoms with Crippen molar-refractivity contribution in [2.75, 3.05) is 0 Å². The first-order chi connectivity index (χ1) is 9.83. The zero-order valence-electron chi connectivity index (χ0n) is 10.8. The van der Waals surface area contributed by atoms with Gasteiger partial charge in [-0.2, -0.15) is 0 Å². The normalized spacial score (nSPS) is 10.4. The Morgan fingerprint density at radius 1 is 1.00 bits per heavy atom. The summed E-state index contributed by atoms with van der Waals surface area (Å²) in [6.07, 6.45) is 3.13. The van der Waals surface area contributed by atoms with E-state index in [0.717, 1.165) is 10.9 Å². The molecule has 0 saturated heterocycles. The summed E-state index contributed by atoms with van der Waals surface area (Å²) in [7, 11) is 0. The second-order valence-electron chi connectivity index (χ2n) is 4.50. The van der Waals surface area contributed by atoms with Gasteiger partial charge in [0.05, 0.1) is 5.56 Å². The minimum absolute atomic E-state index is 0.262. The van der Waals surface area contributed by atoms with E-state index in [0.29, 0.717) is 5.56 Å². The molecular formula is C17H13NO2. The van der Waals surface area contributed by atoms with Gasteiger partial charge in [-0.1, -0.05) is 36.4 Å². The number of benzene rings is 2. The Morgan fingerprint density at radius 3 is 2.65 bits per heavy atom. The second kappa shape index (κ2) is 5.53. The lowest BCUT2D eigenvalue weighted by Gasteiger charge is -2.06. The summed E-state index contributed by atoms with van der Waals surface area (Å²) in [5, 5.41) is 2.32. The predicted octanol–water partition coefficient (Wildman–Crippen LogP) is 3.59. The first-order valence-corrected chi connectivity index (χ1v) is 6.38. The highest BCUT2D eigenvalue weighted by Crippen LogP contribution is 2.16. The quantitative estimate of drug-likeness (QED) is 0.678. The highest BCUT2D eigenvalue weighted by molar-refractivity contribution is 5.89. The van der Waals surface area contributed by atoms with Gasteiger partial charge in [-0.15, -0.1) is 0 Å². The number of nitrogens with zero attached hydrogens (tertiary/aromatic N) is 1. The summed E-state index contributed by atoms with van der Waals surface area (Å²) >= 11 is 0. The van der Waals surface area contributed by atoms with E-state index in [1.807, 2.05) is 36.4 Å². The molecular weight excluding hydrogens is 250 g/mol. The van der Waals surface area contributed by atoms with Gasteiger partial charge < -0.3 is 4.74 Å². The van der Waals surface area contributed by atoms with Gasteiger partial charge in [0.2, 0.25) is 0 Å². The first-order valence-electron chi connectivity index (χ1n) is 6.38. The van der Waals surface area contributed by atoms with Crippen LogP contribution in [0.15, 0.2) is 67.0 Å². The van der Waals surface area contributed by atoms with Gasteiger partial charge in [-0.25, -0.2) is 4.79 Å². The average Bonchev–Trinajstić information content (AvgIpc) is 2.53. The smallest absolute Gasteiger partial charge is 0.340 e. The fourth-order valence-corrected chi connectivity index (χ4v) is 2.04. The molecule has 2 aromatic carbocycles. The van der Waals surface area contributed by atoms with E-state index < -0.39 is 0 Å². The molecule has 0 aliphatic heterocycles. The van der Waals surface area contributed by atoms with E-state index >= 15 is 0 Å². The number of carbonyl (C=O) groups excluding carboxylic acids is 1. The number of ether oxygens (including phenoxy) is 1. The maximum atomic E-state index is 11.8. The molecule has 0 bridgehead atoms. The first kappa shape index (κ1) is 12.4. The van der Waals surface area contributed by atoms with Crippen LogP contribution in [0.25, 0.3) is 10.8 Å². The van der Waals surface area contributed by atoms with Crippen molar-refractivity contribution in [1.29, 1.82) is 0 Å². The van der Waals surface area contributed by atoms with Crippen LogP contribution in [-0.4, -0.2) is 11.0 Å². The van der Waals surface area contributed by atoms with Crippen molar-refractivity contribution in [3.63, 3.8) is 0 Å². The van der Waals surface area contributed by atoms with E-state index in [2.05, 4.69) is 11.1 Å². The number of rotatable bonds is 3. The Bertz CT molecular complexity index is 738. The number of pyridine rings is 1. The molecule has 3 nitrogen and oxygen atoms in total. The Labute approximate surface area is 116 Å². The van der Waals surface area contributed by atoms with E-state index in [4.69, 9.17) is 4.74 Å². The molecule has 0 N–H and O–H groups in total. The Balaban J connectivity index is 1.72. The summed E-state index contributed by atoms with van der Waals surface area (Å²) in [5.41, 5.74) is 1.44. The van der Waals surface area contributed by atoms with Crippen LogP contribution in [0.3, 0.4) is 0 Å². The summed E-state index contributed by atoms with van der Waals surface area (Å²) in [6.45, 7) is 0.262.